The minimum atomic E-state index is 0. The van der Waals surface area contributed by atoms with Crippen molar-refractivity contribution in [1.82, 2.24) is 0 Å². The Hall–Kier alpha value is -0.730. The van der Waals surface area contributed by atoms with E-state index in [0.717, 1.165) is 18.9 Å². The minimum Gasteiger partial charge on any atom is -1.00 e. The minimum absolute atomic E-state index is 0. The standard InChI is InChI=1S/C12H19NO.ClH/c1-9(7-13)8-14-12-10(2)5-4-6-11(12)3;/h4-6,9H,7-8,13H2,1-3H3;1H/t9-;/m0./s1. The molecule has 0 fully saturated rings. The predicted molar refractivity (Wildman–Crippen MR) is 58.3 cm³/mol. The maximum Gasteiger partial charge on any atom is 0.125 e. The molecule has 1 aromatic carbocycles. The van der Waals surface area contributed by atoms with Crippen LogP contribution in [0.3, 0.4) is 0 Å². The van der Waals surface area contributed by atoms with Crippen LogP contribution in [0.2, 0.25) is 0 Å². The molecule has 0 spiro atoms. The third-order valence-corrected chi connectivity index (χ3v) is 2.41. The number of ether oxygens (including phenoxy) is 1. The Morgan fingerprint density at radius 2 is 1.80 bits per heavy atom. The van der Waals surface area contributed by atoms with Gasteiger partial charge in [-0.3, -0.25) is 0 Å². The monoisotopic (exact) mass is 229 g/mol. The molecule has 3 N–H and O–H groups in total. The largest absolute Gasteiger partial charge is 1.00 e. The van der Waals surface area contributed by atoms with Gasteiger partial charge in [-0.2, -0.15) is 0 Å². The number of quaternary nitrogens is 1. The molecule has 0 radical (unpaired) electrons. The van der Waals surface area contributed by atoms with E-state index in [0.29, 0.717) is 5.92 Å². The molecule has 0 saturated heterocycles. The van der Waals surface area contributed by atoms with E-state index in [1.807, 2.05) is 0 Å². The zero-order chi connectivity index (χ0) is 10.6. The maximum atomic E-state index is 5.78. The van der Waals surface area contributed by atoms with E-state index in [-0.39, 0.29) is 12.4 Å². The van der Waals surface area contributed by atoms with Crippen molar-refractivity contribution < 1.29 is 22.9 Å². The summed E-state index contributed by atoms with van der Waals surface area (Å²) in [4.78, 5) is 0. The lowest BCUT2D eigenvalue weighted by atomic mass is 10.1. The molecule has 0 bridgehead atoms. The second-order valence-corrected chi connectivity index (χ2v) is 3.93. The van der Waals surface area contributed by atoms with Crippen molar-refractivity contribution in [3.05, 3.63) is 29.3 Å². The Kier molecular flexibility index (Phi) is 6.37. The molecule has 2 nitrogen and oxygen atoms in total. The van der Waals surface area contributed by atoms with Crippen molar-refractivity contribution in [2.75, 3.05) is 13.2 Å². The van der Waals surface area contributed by atoms with Gasteiger partial charge in [0.05, 0.1) is 13.2 Å². The van der Waals surface area contributed by atoms with Gasteiger partial charge in [-0.1, -0.05) is 25.1 Å². The van der Waals surface area contributed by atoms with E-state index in [2.05, 4.69) is 44.7 Å². The molecular weight excluding hydrogens is 210 g/mol. The lowest BCUT2D eigenvalue weighted by Crippen LogP contribution is -3.00. The summed E-state index contributed by atoms with van der Waals surface area (Å²) in [6.45, 7) is 8.00. The van der Waals surface area contributed by atoms with Crippen LogP contribution in [-0.4, -0.2) is 13.2 Å². The van der Waals surface area contributed by atoms with E-state index in [4.69, 9.17) is 4.74 Å². The number of hydrogen-bond donors (Lipinski definition) is 1. The summed E-state index contributed by atoms with van der Waals surface area (Å²) in [5, 5.41) is 0. The van der Waals surface area contributed by atoms with Gasteiger partial charge in [0.15, 0.2) is 0 Å². The zero-order valence-electron chi connectivity index (χ0n) is 9.72. The van der Waals surface area contributed by atoms with E-state index in [1.54, 1.807) is 0 Å². The van der Waals surface area contributed by atoms with E-state index in [1.165, 1.54) is 11.1 Å². The summed E-state index contributed by atoms with van der Waals surface area (Å²) in [5.41, 5.74) is 6.28. The first-order chi connectivity index (χ1) is 6.65. The average molecular weight is 230 g/mol. The molecule has 0 aliphatic heterocycles. The van der Waals surface area contributed by atoms with Gasteiger partial charge in [-0.05, 0) is 25.0 Å². The van der Waals surface area contributed by atoms with Crippen LogP contribution in [0.1, 0.15) is 18.1 Å². The highest BCUT2D eigenvalue weighted by atomic mass is 35.5. The number of halogens is 1. The van der Waals surface area contributed by atoms with Gasteiger partial charge in [0.2, 0.25) is 0 Å². The van der Waals surface area contributed by atoms with Crippen LogP contribution in [0, 0.1) is 19.8 Å². The second-order valence-electron chi connectivity index (χ2n) is 3.93. The molecule has 0 heterocycles. The molecule has 0 aromatic heterocycles. The Bertz CT molecular complexity index is 281. The fourth-order valence-electron chi connectivity index (χ4n) is 1.34. The molecule has 86 valence electrons. The predicted octanol–water partition coefficient (Wildman–Crippen LogP) is -1.44. The van der Waals surface area contributed by atoms with Crippen molar-refractivity contribution in [3.8, 4) is 5.75 Å². The van der Waals surface area contributed by atoms with Crippen molar-refractivity contribution in [2.24, 2.45) is 5.92 Å². The van der Waals surface area contributed by atoms with E-state index in [9.17, 15) is 0 Å². The lowest BCUT2D eigenvalue weighted by molar-refractivity contribution is -0.378. The Balaban J connectivity index is 0.00000196. The fraction of sp³-hybridized carbons (Fsp3) is 0.500. The van der Waals surface area contributed by atoms with Crippen molar-refractivity contribution in [1.29, 1.82) is 0 Å². The lowest BCUT2D eigenvalue weighted by Gasteiger charge is -2.13. The Labute approximate surface area is 98.2 Å². The third kappa shape index (κ3) is 4.10. The molecule has 0 amide bonds. The quantitative estimate of drug-likeness (QED) is 0.675. The summed E-state index contributed by atoms with van der Waals surface area (Å²) in [5.74, 6) is 1.56. The molecular formula is C12H20ClNO. The van der Waals surface area contributed by atoms with Gasteiger partial charge in [-0.25, -0.2) is 0 Å². The highest BCUT2D eigenvalue weighted by Gasteiger charge is 2.06. The molecule has 3 heteroatoms. The van der Waals surface area contributed by atoms with Crippen LogP contribution >= 0.6 is 0 Å². The Morgan fingerprint density at radius 3 is 2.27 bits per heavy atom. The normalized spacial score (nSPS) is 11.7. The fourth-order valence-corrected chi connectivity index (χ4v) is 1.34. The maximum absolute atomic E-state index is 5.78. The molecule has 0 aliphatic rings. The summed E-state index contributed by atoms with van der Waals surface area (Å²) < 4.78 is 5.78. The zero-order valence-corrected chi connectivity index (χ0v) is 10.5. The summed E-state index contributed by atoms with van der Waals surface area (Å²) >= 11 is 0. The molecule has 1 atom stereocenters. The highest BCUT2D eigenvalue weighted by Crippen LogP contribution is 2.22. The van der Waals surface area contributed by atoms with Crippen molar-refractivity contribution in [2.45, 2.75) is 20.8 Å². The van der Waals surface area contributed by atoms with Crippen molar-refractivity contribution >= 4 is 0 Å². The average Bonchev–Trinajstić information content (AvgIpc) is 2.16. The van der Waals surface area contributed by atoms with Gasteiger partial charge in [0.1, 0.15) is 5.75 Å². The van der Waals surface area contributed by atoms with Gasteiger partial charge < -0.3 is 22.9 Å². The van der Waals surface area contributed by atoms with Gasteiger partial charge in [-0.15, -0.1) is 0 Å². The first kappa shape index (κ1) is 14.3. The molecule has 0 aliphatic carbocycles. The summed E-state index contributed by atoms with van der Waals surface area (Å²) in [7, 11) is 0. The Morgan fingerprint density at radius 1 is 1.27 bits per heavy atom. The van der Waals surface area contributed by atoms with Crippen LogP contribution in [0.15, 0.2) is 18.2 Å². The summed E-state index contributed by atoms with van der Waals surface area (Å²) in [6.07, 6.45) is 0. The molecule has 0 unspecified atom stereocenters. The van der Waals surface area contributed by atoms with E-state index < -0.39 is 0 Å². The van der Waals surface area contributed by atoms with Crippen molar-refractivity contribution in [3.63, 3.8) is 0 Å². The number of hydrogen-bond acceptors (Lipinski definition) is 1. The second kappa shape index (κ2) is 6.70. The highest BCUT2D eigenvalue weighted by molar-refractivity contribution is 5.39. The number of aryl methyl sites for hydroxylation is 2. The van der Waals surface area contributed by atoms with Gasteiger partial charge in [0, 0.05) is 5.92 Å². The van der Waals surface area contributed by atoms with Gasteiger partial charge in [0.25, 0.3) is 0 Å². The van der Waals surface area contributed by atoms with Crippen LogP contribution in [-0.2, 0) is 0 Å². The smallest absolute Gasteiger partial charge is 0.125 e. The first-order valence-corrected chi connectivity index (χ1v) is 5.13. The number of benzene rings is 1. The number of para-hydroxylation sites is 1. The van der Waals surface area contributed by atoms with Crippen LogP contribution < -0.4 is 22.9 Å². The van der Waals surface area contributed by atoms with Crippen LogP contribution in [0.25, 0.3) is 0 Å². The topological polar surface area (TPSA) is 36.9 Å². The first-order valence-electron chi connectivity index (χ1n) is 5.13. The number of rotatable bonds is 4. The molecule has 1 aromatic rings. The molecule has 15 heavy (non-hydrogen) atoms. The third-order valence-electron chi connectivity index (χ3n) is 2.41. The molecule has 1 rings (SSSR count). The van der Waals surface area contributed by atoms with Gasteiger partial charge >= 0.3 is 0 Å². The van der Waals surface area contributed by atoms with Crippen LogP contribution in [0.4, 0.5) is 0 Å². The SMILES string of the molecule is Cc1cccc(C)c1OC[C@@H](C)C[NH3+].[Cl-]. The summed E-state index contributed by atoms with van der Waals surface area (Å²) in [6, 6.07) is 6.22. The molecule has 0 saturated carbocycles. The van der Waals surface area contributed by atoms with E-state index >= 15 is 0 Å². The van der Waals surface area contributed by atoms with Crippen LogP contribution in [0.5, 0.6) is 5.75 Å².